The Balaban J connectivity index is 1.79. The van der Waals surface area contributed by atoms with Gasteiger partial charge in [-0.1, -0.05) is 18.1 Å². The fourth-order valence-corrected chi connectivity index (χ4v) is 2.23. The number of rotatable bonds is 3. The first-order valence-corrected chi connectivity index (χ1v) is 6.28. The summed E-state index contributed by atoms with van der Waals surface area (Å²) in [6.45, 7) is 2.57. The molecule has 1 aromatic rings. The van der Waals surface area contributed by atoms with E-state index in [4.69, 9.17) is 6.42 Å². The number of piperidine rings is 1. The van der Waals surface area contributed by atoms with Gasteiger partial charge in [0, 0.05) is 32.5 Å². The van der Waals surface area contributed by atoms with Gasteiger partial charge in [-0.15, -0.1) is 6.42 Å². The van der Waals surface area contributed by atoms with Crippen molar-refractivity contribution in [3.05, 3.63) is 35.6 Å². The maximum atomic E-state index is 12.7. The largest absolute Gasteiger partial charge is 0.378 e. The molecule has 0 saturated carbocycles. The second-order valence-corrected chi connectivity index (χ2v) is 4.89. The van der Waals surface area contributed by atoms with Gasteiger partial charge in [0.05, 0.1) is 0 Å². The molecule has 0 radical (unpaired) electrons. The van der Waals surface area contributed by atoms with Crippen molar-refractivity contribution < 1.29 is 9.50 Å². The summed E-state index contributed by atoms with van der Waals surface area (Å²) in [6.07, 6.45) is 7.47. The Bertz CT molecular complexity index is 427. The van der Waals surface area contributed by atoms with Crippen molar-refractivity contribution in [1.82, 2.24) is 4.90 Å². The summed E-state index contributed by atoms with van der Waals surface area (Å²) in [5.41, 5.74) is 0.223. The second-order valence-electron chi connectivity index (χ2n) is 4.89. The predicted molar refractivity (Wildman–Crippen MR) is 69.6 cm³/mol. The first-order valence-electron chi connectivity index (χ1n) is 6.28. The van der Waals surface area contributed by atoms with Gasteiger partial charge in [-0.2, -0.15) is 0 Å². The lowest BCUT2D eigenvalue weighted by molar-refractivity contribution is 0.0277. The standard InChI is InChI=1S/C15H18FNO/c1-2-15(18)8-11-17(12-9-15)10-7-13-3-5-14(16)6-4-13/h1,3-6,18H,7-12H2. The molecule has 3 heteroatoms. The molecule has 2 nitrogen and oxygen atoms in total. The fourth-order valence-electron chi connectivity index (χ4n) is 2.23. The topological polar surface area (TPSA) is 23.5 Å². The van der Waals surface area contributed by atoms with Crippen LogP contribution in [0.1, 0.15) is 18.4 Å². The van der Waals surface area contributed by atoms with Crippen LogP contribution in [0.5, 0.6) is 0 Å². The van der Waals surface area contributed by atoms with E-state index in [9.17, 15) is 9.50 Å². The molecule has 0 spiro atoms. The first kappa shape index (κ1) is 13.1. The van der Waals surface area contributed by atoms with Crippen LogP contribution in [0.4, 0.5) is 4.39 Å². The number of hydrogen-bond donors (Lipinski definition) is 1. The molecule has 0 amide bonds. The average Bonchev–Trinajstić information content (AvgIpc) is 2.40. The van der Waals surface area contributed by atoms with Crippen LogP contribution in [0.15, 0.2) is 24.3 Å². The van der Waals surface area contributed by atoms with Gasteiger partial charge in [0.1, 0.15) is 11.4 Å². The minimum absolute atomic E-state index is 0.198. The Morgan fingerprint density at radius 3 is 2.44 bits per heavy atom. The van der Waals surface area contributed by atoms with Gasteiger partial charge < -0.3 is 10.0 Å². The third kappa shape index (κ3) is 3.32. The number of terminal acetylenes is 1. The summed E-state index contributed by atoms with van der Waals surface area (Å²) < 4.78 is 12.7. The van der Waals surface area contributed by atoms with Gasteiger partial charge in [0.15, 0.2) is 0 Å². The Morgan fingerprint density at radius 2 is 1.89 bits per heavy atom. The molecule has 0 atom stereocenters. The third-order valence-electron chi connectivity index (χ3n) is 3.58. The van der Waals surface area contributed by atoms with Crippen LogP contribution in [-0.4, -0.2) is 35.2 Å². The molecule has 0 unspecified atom stereocenters. The molecule has 1 aliphatic rings. The normalized spacial score (nSPS) is 19.4. The van der Waals surface area contributed by atoms with E-state index in [0.29, 0.717) is 12.8 Å². The van der Waals surface area contributed by atoms with Crippen molar-refractivity contribution >= 4 is 0 Å². The Labute approximate surface area is 107 Å². The summed E-state index contributed by atoms with van der Waals surface area (Å²) in [4.78, 5) is 2.29. The predicted octanol–water partition coefficient (Wildman–Crippen LogP) is 1.83. The first-order chi connectivity index (χ1) is 8.61. The summed E-state index contributed by atoms with van der Waals surface area (Å²) in [5, 5.41) is 9.91. The van der Waals surface area contributed by atoms with E-state index in [2.05, 4.69) is 10.8 Å². The van der Waals surface area contributed by atoms with Gasteiger partial charge in [-0.3, -0.25) is 0 Å². The van der Waals surface area contributed by atoms with Crippen LogP contribution < -0.4 is 0 Å². The molecule has 1 fully saturated rings. The highest BCUT2D eigenvalue weighted by Crippen LogP contribution is 2.21. The summed E-state index contributed by atoms with van der Waals surface area (Å²) in [5.74, 6) is 2.27. The van der Waals surface area contributed by atoms with Crippen LogP contribution in [0.3, 0.4) is 0 Å². The molecule has 1 saturated heterocycles. The van der Waals surface area contributed by atoms with Gasteiger partial charge in [-0.25, -0.2) is 4.39 Å². The van der Waals surface area contributed by atoms with Crippen molar-refractivity contribution in [2.45, 2.75) is 24.9 Å². The Kier molecular flexibility index (Phi) is 4.00. The molecule has 1 heterocycles. The highest BCUT2D eigenvalue weighted by Gasteiger charge is 2.29. The van der Waals surface area contributed by atoms with Crippen molar-refractivity contribution in [1.29, 1.82) is 0 Å². The number of hydrogen-bond acceptors (Lipinski definition) is 2. The van der Waals surface area contributed by atoms with Crippen LogP contribution in [0.25, 0.3) is 0 Å². The number of likely N-dealkylation sites (tertiary alicyclic amines) is 1. The van der Waals surface area contributed by atoms with E-state index in [0.717, 1.165) is 31.6 Å². The van der Waals surface area contributed by atoms with E-state index < -0.39 is 5.60 Å². The minimum atomic E-state index is -0.910. The van der Waals surface area contributed by atoms with Crippen LogP contribution in [0, 0.1) is 18.2 Å². The zero-order valence-electron chi connectivity index (χ0n) is 10.4. The van der Waals surface area contributed by atoms with Gasteiger partial charge in [0.25, 0.3) is 0 Å². The molecule has 18 heavy (non-hydrogen) atoms. The number of halogens is 1. The number of aliphatic hydroxyl groups is 1. The van der Waals surface area contributed by atoms with E-state index in [1.54, 1.807) is 0 Å². The molecule has 0 aromatic heterocycles. The van der Waals surface area contributed by atoms with Gasteiger partial charge in [0.2, 0.25) is 0 Å². The molecule has 1 aliphatic heterocycles. The second kappa shape index (κ2) is 5.51. The lowest BCUT2D eigenvalue weighted by Gasteiger charge is -2.34. The van der Waals surface area contributed by atoms with Crippen LogP contribution in [0.2, 0.25) is 0 Å². The summed E-state index contributed by atoms with van der Waals surface area (Å²) >= 11 is 0. The van der Waals surface area contributed by atoms with E-state index in [-0.39, 0.29) is 5.82 Å². The summed E-state index contributed by atoms with van der Waals surface area (Å²) in [7, 11) is 0. The van der Waals surface area contributed by atoms with Gasteiger partial charge in [-0.05, 0) is 24.1 Å². The van der Waals surface area contributed by atoms with E-state index in [1.165, 1.54) is 12.1 Å². The molecule has 96 valence electrons. The Morgan fingerprint density at radius 1 is 1.28 bits per heavy atom. The smallest absolute Gasteiger partial charge is 0.127 e. The van der Waals surface area contributed by atoms with E-state index >= 15 is 0 Å². The monoisotopic (exact) mass is 247 g/mol. The van der Waals surface area contributed by atoms with E-state index in [1.807, 2.05) is 12.1 Å². The lowest BCUT2D eigenvalue weighted by atomic mass is 9.92. The van der Waals surface area contributed by atoms with Crippen molar-refractivity contribution in [3.8, 4) is 12.3 Å². The quantitative estimate of drug-likeness (QED) is 0.824. The van der Waals surface area contributed by atoms with Gasteiger partial charge >= 0.3 is 0 Å². The summed E-state index contributed by atoms with van der Waals surface area (Å²) in [6, 6.07) is 6.61. The van der Waals surface area contributed by atoms with Crippen LogP contribution in [-0.2, 0) is 6.42 Å². The van der Waals surface area contributed by atoms with Crippen molar-refractivity contribution in [2.75, 3.05) is 19.6 Å². The van der Waals surface area contributed by atoms with Crippen LogP contribution >= 0.6 is 0 Å². The minimum Gasteiger partial charge on any atom is -0.378 e. The maximum Gasteiger partial charge on any atom is 0.127 e. The van der Waals surface area contributed by atoms with Crippen molar-refractivity contribution in [3.63, 3.8) is 0 Å². The zero-order chi connectivity index (χ0) is 13.0. The number of nitrogens with zero attached hydrogens (tertiary/aromatic N) is 1. The maximum absolute atomic E-state index is 12.7. The fraction of sp³-hybridized carbons (Fsp3) is 0.467. The molecule has 1 aromatic carbocycles. The highest BCUT2D eigenvalue weighted by atomic mass is 19.1. The lowest BCUT2D eigenvalue weighted by Crippen LogP contribution is -2.44. The molecular weight excluding hydrogens is 229 g/mol. The molecule has 1 N–H and O–H groups in total. The zero-order valence-corrected chi connectivity index (χ0v) is 10.4. The number of benzene rings is 1. The highest BCUT2D eigenvalue weighted by molar-refractivity contribution is 5.16. The van der Waals surface area contributed by atoms with Crippen molar-refractivity contribution in [2.24, 2.45) is 0 Å². The molecular formula is C15H18FNO. The molecule has 2 rings (SSSR count). The average molecular weight is 247 g/mol. The third-order valence-corrected chi connectivity index (χ3v) is 3.58. The molecule has 0 bridgehead atoms. The SMILES string of the molecule is C#CC1(O)CCN(CCc2ccc(F)cc2)CC1. The Hall–Kier alpha value is -1.37. The molecule has 0 aliphatic carbocycles.